The number of hydrogen-bond acceptors (Lipinski definition) is 3. The predicted octanol–water partition coefficient (Wildman–Crippen LogP) is 3.32. The topological polar surface area (TPSA) is 64.4 Å². The number of halogens is 2. The fourth-order valence-corrected chi connectivity index (χ4v) is 3.07. The highest BCUT2D eigenvalue weighted by Gasteiger charge is 2.43. The van der Waals surface area contributed by atoms with Gasteiger partial charge in [-0.25, -0.2) is 0 Å². The number of hydrogen-bond donors (Lipinski definition) is 2. The first kappa shape index (κ1) is 16.5. The lowest BCUT2D eigenvalue weighted by Crippen LogP contribution is -2.49. The SMILES string of the molecule is Cc1ccc(Cl)c(NC(=O)C2(C(N)=S)CCOCC2)c1Cl. The maximum absolute atomic E-state index is 12.7. The van der Waals surface area contributed by atoms with Gasteiger partial charge in [-0.05, 0) is 31.4 Å². The molecule has 0 aromatic heterocycles. The molecule has 0 aliphatic carbocycles. The highest BCUT2D eigenvalue weighted by molar-refractivity contribution is 7.80. The third-order valence-electron chi connectivity index (χ3n) is 3.78. The third-order valence-corrected chi connectivity index (χ3v) is 4.97. The Morgan fingerprint density at radius 3 is 2.57 bits per heavy atom. The number of carbonyl (C=O) groups excluding carboxylic acids is 1. The van der Waals surface area contributed by atoms with Crippen molar-refractivity contribution in [2.45, 2.75) is 19.8 Å². The average molecular weight is 347 g/mol. The number of nitrogens with one attached hydrogen (secondary N) is 1. The number of aryl methyl sites for hydroxylation is 1. The van der Waals surface area contributed by atoms with Crippen LogP contribution in [0.4, 0.5) is 5.69 Å². The number of nitrogens with two attached hydrogens (primary N) is 1. The summed E-state index contributed by atoms with van der Waals surface area (Å²) in [6.07, 6.45) is 0.907. The van der Waals surface area contributed by atoms with Crippen molar-refractivity contribution in [2.24, 2.45) is 11.1 Å². The van der Waals surface area contributed by atoms with E-state index in [1.54, 1.807) is 12.1 Å². The Balaban J connectivity index is 2.32. The van der Waals surface area contributed by atoms with Crippen LogP contribution in [0.5, 0.6) is 0 Å². The highest BCUT2D eigenvalue weighted by atomic mass is 35.5. The number of benzene rings is 1. The largest absolute Gasteiger partial charge is 0.392 e. The maximum Gasteiger partial charge on any atom is 0.237 e. The minimum Gasteiger partial charge on any atom is -0.392 e. The zero-order valence-electron chi connectivity index (χ0n) is 11.5. The lowest BCUT2D eigenvalue weighted by Gasteiger charge is -2.34. The molecule has 1 saturated heterocycles. The number of rotatable bonds is 3. The standard InChI is InChI=1S/C14H16Cl2N2O2S/c1-8-2-3-9(15)11(10(8)16)18-13(19)14(12(17)21)4-6-20-7-5-14/h2-3H,4-7H2,1H3,(H2,17,21)(H,18,19). The molecule has 1 aromatic carbocycles. The summed E-state index contributed by atoms with van der Waals surface area (Å²) in [7, 11) is 0. The van der Waals surface area contributed by atoms with E-state index < -0.39 is 5.41 Å². The molecule has 7 heteroatoms. The molecule has 1 aliphatic rings. The molecular formula is C14H16Cl2N2O2S. The lowest BCUT2D eigenvalue weighted by atomic mass is 9.79. The van der Waals surface area contributed by atoms with Crippen molar-refractivity contribution in [1.82, 2.24) is 0 Å². The molecule has 114 valence electrons. The molecule has 1 heterocycles. The van der Waals surface area contributed by atoms with Gasteiger partial charge in [-0.15, -0.1) is 0 Å². The summed E-state index contributed by atoms with van der Waals surface area (Å²) in [6.45, 7) is 2.73. The van der Waals surface area contributed by atoms with Gasteiger partial charge in [-0.3, -0.25) is 4.79 Å². The fourth-order valence-electron chi connectivity index (χ4n) is 2.31. The molecule has 1 fully saturated rings. The summed E-state index contributed by atoms with van der Waals surface area (Å²) >= 11 is 17.4. The smallest absolute Gasteiger partial charge is 0.237 e. The average Bonchev–Trinajstić information content (AvgIpc) is 2.48. The first-order chi connectivity index (χ1) is 9.88. The van der Waals surface area contributed by atoms with Gasteiger partial charge in [0.25, 0.3) is 0 Å². The molecule has 21 heavy (non-hydrogen) atoms. The van der Waals surface area contributed by atoms with E-state index >= 15 is 0 Å². The summed E-state index contributed by atoms with van der Waals surface area (Å²) in [4.78, 5) is 12.9. The van der Waals surface area contributed by atoms with Gasteiger partial charge >= 0.3 is 0 Å². The van der Waals surface area contributed by atoms with Crippen LogP contribution in [0.2, 0.25) is 10.0 Å². The van der Waals surface area contributed by atoms with Gasteiger partial charge in [0.05, 0.1) is 20.7 Å². The van der Waals surface area contributed by atoms with Gasteiger partial charge in [0, 0.05) is 13.2 Å². The summed E-state index contributed by atoms with van der Waals surface area (Å²) < 4.78 is 5.29. The molecule has 1 amide bonds. The number of thiocarbonyl (C=S) groups is 1. The minimum absolute atomic E-state index is 0.170. The Labute approximate surface area is 138 Å². The van der Waals surface area contributed by atoms with Gasteiger partial charge in [0.2, 0.25) is 5.91 Å². The van der Waals surface area contributed by atoms with Crippen molar-refractivity contribution in [3.05, 3.63) is 27.7 Å². The maximum atomic E-state index is 12.7. The van der Waals surface area contributed by atoms with Crippen molar-refractivity contribution < 1.29 is 9.53 Å². The van der Waals surface area contributed by atoms with Gasteiger partial charge < -0.3 is 15.8 Å². The fraction of sp³-hybridized carbons (Fsp3) is 0.429. The van der Waals surface area contributed by atoms with Crippen LogP contribution in [0.25, 0.3) is 0 Å². The minimum atomic E-state index is -0.913. The van der Waals surface area contributed by atoms with E-state index in [4.69, 9.17) is 45.9 Å². The second-order valence-corrected chi connectivity index (χ2v) is 6.29. The first-order valence-electron chi connectivity index (χ1n) is 6.52. The van der Waals surface area contributed by atoms with Crippen LogP contribution in [0.1, 0.15) is 18.4 Å². The van der Waals surface area contributed by atoms with Crippen molar-refractivity contribution in [3.8, 4) is 0 Å². The molecule has 0 saturated carbocycles. The monoisotopic (exact) mass is 346 g/mol. The third kappa shape index (κ3) is 3.16. The molecule has 4 nitrogen and oxygen atoms in total. The summed E-state index contributed by atoms with van der Waals surface area (Å²) in [6, 6.07) is 3.48. The molecule has 0 atom stereocenters. The number of amides is 1. The molecule has 3 N–H and O–H groups in total. The van der Waals surface area contributed by atoms with Crippen molar-refractivity contribution >= 4 is 52.0 Å². The summed E-state index contributed by atoms with van der Waals surface area (Å²) in [5, 5.41) is 3.58. The van der Waals surface area contributed by atoms with Gasteiger partial charge in [0.1, 0.15) is 5.41 Å². The van der Waals surface area contributed by atoms with E-state index in [-0.39, 0.29) is 10.9 Å². The van der Waals surface area contributed by atoms with Crippen molar-refractivity contribution in [3.63, 3.8) is 0 Å². The van der Waals surface area contributed by atoms with Crippen molar-refractivity contribution in [2.75, 3.05) is 18.5 Å². The Bertz CT molecular complexity index is 587. The normalized spacial score (nSPS) is 17.3. The van der Waals surface area contributed by atoms with Crippen LogP contribution in [0.15, 0.2) is 12.1 Å². The second kappa shape index (κ2) is 6.48. The van der Waals surface area contributed by atoms with E-state index in [9.17, 15) is 4.79 Å². The lowest BCUT2D eigenvalue weighted by molar-refractivity contribution is -0.126. The zero-order chi connectivity index (χ0) is 15.6. The van der Waals surface area contributed by atoms with E-state index in [2.05, 4.69) is 5.32 Å². The van der Waals surface area contributed by atoms with Crippen LogP contribution >= 0.6 is 35.4 Å². The Hall–Kier alpha value is -0.880. The molecule has 0 unspecified atom stereocenters. The van der Waals surface area contributed by atoms with E-state index in [0.29, 0.717) is 41.8 Å². The van der Waals surface area contributed by atoms with Crippen LogP contribution in [-0.2, 0) is 9.53 Å². The quantitative estimate of drug-likeness (QED) is 0.824. The molecule has 0 spiro atoms. The Morgan fingerprint density at radius 2 is 2.00 bits per heavy atom. The van der Waals surface area contributed by atoms with Gasteiger partial charge in [-0.2, -0.15) is 0 Å². The van der Waals surface area contributed by atoms with Crippen LogP contribution < -0.4 is 11.1 Å². The van der Waals surface area contributed by atoms with Crippen LogP contribution in [-0.4, -0.2) is 24.1 Å². The molecular weight excluding hydrogens is 331 g/mol. The highest BCUT2D eigenvalue weighted by Crippen LogP contribution is 2.37. The predicted molar refractivity (Wildman–Crippen MR) is 89.1 cm³/mol. The molecule has 0 radical (unpaired) electrons. The number of carbonyl (C=O) groups is 1. The van der Waals surface area contributed by atoms with Gasteiger partial charge in [-0.1, -0.05) is 41.5 Å². The molecule has 1 aliphatic heterocycles. The Kier molecular flexibility index (Phi) is 5.09. The molecule has 0 bridgehead atoms. The van der Waals surface area contributed by atoms with Crippen molar-refractivity contribution in [1.29, 1.82) is 0 Å². The summed E-state index contributed by atoms with van der Waals surface area (Å²) in [5.74, 6) is -0.285. The summed E-state index contributed by atoms with van der Waals surface area (Å²) in [5.41, 5.74) is 6.12. The second-order valence-electron chi connectivity index (χ2n) is 5.07. The van der Waals surface area contributed by atoms with Gasteiger partial charge in [0.15, 0.2) is 0 Å². The van der Waals surface area contributed by atoms with E-state index in [1.807, 2.05) is 6.92 Å². The molecule has 1 aromatic rings. The first-order valence-corrected chi connectivity index (χ1v) is 7.68. The number of ether oxygens (including phenoxy) is 1. The van der Waals surface area contributed by atoms with Crippen LogP contribution in [0, 0.1) is 12.3 Å². The van der Waals surface area contributed by atoms with E-state index in [0.717, 1.165) is 5.56 Å². The van der Waals surface area contributed by atoms with E-state index in [1.165, 1.54) is 0 Å². The number of anilines is 1. The Morgan fingerprint density at radius 1 is 1.38 bits per heavy atom. The zero-order valence-corrected chi connectivity index (χ0v) is 13.9. The molecule has 2 rings (SSSR count). The van der Waals surface area contributed by atoms with Crippen LogP contribution in [0.3, 0.4) is 0 Å².